The van der Waals surface area contributed by atoms with Gasteiger partial charge in [0.2, 0.25) is 0 Å². The first-order valence-electron chi connectivity index (χ1n) is 8.07. The number of nitro benzene ring substituents is 1. The van der Waals surface area contributed by atoms with Gasteiger partial charge in [0.05, 0.1) is 19.6 Å². The number of hydrogen-bond donors (Lipinski definition) is 0. The first kappa shape index (κ1) is 20.5. The lowest BCUT2D eigenvalue weighted by atomic mass is 10.2. The number of non-ortho nitro benzene ring substituents is 1. The molecule has 0 amide bonds. The summed E-state index contributed by atoms with van der Waals surface area (Å²) >= 11 is 13.0. The summed E-state index contributed by atoms with van der Waals surface area (Å²) in [6.07, 6.45) is 1.68. The van der Waals surface area contributed by atoms with Crippen molar-refractivity contribution in [2.75, 3.05) is 0 Å². The third-order valence-electron chi connectivity index (χ3n) is 3.72. The molecule has 8 heteroatoms. The van der Waals surface area contributed by atoms with Crippen LogP contribution in [0.5, 0.6) is 5.75 Å². The molecule has 0 aliphatic carbocycles. The number of hydrogen-bond acceptors (Lipinski definition) is 4. The lowest BCUT2D eigenvalue weighted by molar-refractivity contribution is -0.384. The van der Waals surface area contributed by atoms with Gasteiger partial charge >= 0.3 is 0 Å². The van der Waals surface area contributed by atoms with Crippen molar-refractivity contribution in [1.29, 1.82) is 0 Å². The Kier molecular flexibility index (Phi) is 6.83. The molecule has 3 aromatic rings. The minimum Gasteiger partial charge on any atom is -0.487 e. The molecule has 0 aliphatic heterocycles. The molecule has 0 aromatic heterocycles. The van der Waals surface area contributed by atoms with Crippen molar-refractivity contribution in [3.05, 3.63) is 95.9 Å². The van der Waals surface area contributed by atoms with Gasteiger partial charge in [0.1, 0.15) is 12.4 Å². The second-order valence-corrected chi connectivity index (χ2v) is 7.91. The SMILES string of the molecule is O=[N+]([O-])c1ccc(N=Cc2cc(Br)c(OCc3cccc(Cl)c3)c(Br)c2)cc1. The van der Waals surface area contributed by atoms with Gasteiger partial charge in [-0.05, 0) is 79.4 Å². The van der Waals surface area contributed by atoms with Crippen LogP contribution in [0, 0.1) is 10.1 Å². The van der Waals surface area contributed by atoms with Crippen molar-refractivity contribution in [2.45, 2.75) is 6.61 Å². The Hall–Kier alpha value is -2.22. The molecule has 3 rings (SSSR count). The molecule has 0 aliphatic rings. The van der Waals surface area contributed by atoms with Crippen LogP contribution in [0.4, 0.5) is 11.4 Å². The van der Waals surface area contributed by atoms with Gasteiger partial charge in [-0.2, -0.15) is 0 Å². The molecule has 0 fully saturated rings. The predicted molar refractivity (Wildman–Crippen MR) is 118 cm³/mol. The average molecular weight is 525 g/mol. The maximum atomic E-state index is 10.7. The molecule has 0 radical (unpaired) electrons. The molecular formula is C20H13Br2ClN2O3. The molecule has 28 heavy (non-hydrogen) atoms. The fraction of sp³-hybridized carbons (Fsp3) is 0.0500. The fourth-order valence-electron chi connectivity index (χ4n) is 2.38. The first-order valence-corrected chi connectivity index (χ1v) is 10.0. The summed E-state index contributed by atoms with van der Waals surface area (Å²) in [6, 6.07) is 17.3. The standard InChI is InChI=1S/C20H13Br2ClN2O3/c21-18-9-14(11-24-16-4-6-17(7-5-16)25(26)27)10-19(22)20(18)28-12-13-2-1-3-15(23)8-13/h1-11H,12H2. The smallest absolute Gasteiger partial charge is 0.269 e. The Morgan fingerprint density at radius 1 is 1.07 bits per heavy atom. The molecule has 0 spiro atoms. The highest BCUT2D eigenvalue weighted by Gasteiger charge is 2.09. The Morgan fingerprint density at radius 2 is 1.75 bits per heavy atom. The van der Waals surface area contributed by atoms with Crippen LogP contribution in [-0.4, -0.2) is 11.1 Å². The van der Waals surface area contributed by atoms with E-state index in [-0.39, 0.29) is 5.69 Å². The maximum absolute atomic E-state index is 10.7. The van der Waals surface area contributed by atoms with E-state index in [9.17, 15) is 10.1 Å². The van der Waals surface area contributed by atoms with Crippen LogP contribution in [0.1, 0.15) is 11.1 Å². The third kappa shape index (κ3) is 5.41. The van der Waals surface area contributed by atoms with Crippen LogP contribution in [-0.2, 0) is 6.61 Å². The lowest BCUT2D eigenvalue weighted by Gasteiger charge is -2.11. The summed E-state index contributed by atoms with van der Waals surface area (Å²) < 4.78 is 7.45. The van der Waals surface area contributed by atoms with Crippen molar-refractivity contribution >= 4 is 61.1 Å². The molecule has 0 saturated carbocycles. The van der Waals surface area contributed by atoms with Crippen molar-refractivity contribution in [3.63, 3.8) is 0 Å². The van der Waals surface area contributed by atoms with Gasteiger partial charge in [-0.1, -0.05) is 23.7 Å². The Labute approximate surface area is 183 Å². The van der Waals surface area contributed by atoms with E-state index in [1.165, 1.54) is 12.1 Å². The summed E-state index contributed by atoms with van der Waals surface area (Å²) in [5, 5.41) is 11.4. The maximum Gasteiger partial charge on any atom is 0.269 e. The topological polar surface area (TPSA) is 64.7 Å². The molecule has 0 N–H and O–H groups in total. The highest BCUT2D eigenvalue weighted by molar-refractivity contribution is 9.11. The van der Waals surface area contributed by atoms with Gasteiger partial charge in [-0.3, -0.25) is 15.1 Å². The zero-order valence-electron chi connectivity index (χ0n) is 14.3. The number of aliphatic imine (C=N–C) groups is 1. The van der Waals surface area contributed by atoms with Gasteiger partial charge in [-0.15, -0.1) is 0 Å². The van der Waals surface area contributed by atoms with E-state index in [0.29, 0.717) is 23.1 Å². The number of rotatable bonds is 6. The van der Waals surface area contributed by atoms with Gasteiger partial charge in [0.15, 0.2) is 0 Å². The van der Waals surface area contributed by atoms with Crippen LogP contribution in [0.3, 0.4) is 0 Å². The Bertz CT molecular complexity index is 1020. The van der Waals surface area contributed by atoms with E-state index in [1.54, 1.807) is 18.3 Å². The second kappa shape index (κ2) is 9.32. The van der Waals surface area contributed by atoms with Gasteiger partial charge in [0.25, 0.3) is 5.69 Å². The number of nitro groups is 1. The predicted octanol–water partition coefficient (Wildman–Crippen LogP) is 7.10. The van der Waals surface area contributed by atoms with Crippen LogP contribution >= 0.6 is 43.5 Å². The number of nitrogens with zero attached hydrogens (tertiary/aromatic N) is 2. The monoisotopic (exact) mass is 522 g/mol. The number of halogens is 3. The van der Waals surface area contributed by atoms with E-state index in [4.69, 9.17) is 16.3 Å². The van der Waals surface area contributed by atoms with E-state index < -0.39 is 4.92 Å². The van der Waals surface area contributed by atoms with E-state index in [2.05, 4.69) is 36.9 Å². The summed E-state index contributed by atoms with van der Waals surface area (Å²) in [4.78, 5) is 14.6. The molecule has 0 atom stereocenters. The molecule has 0 heterocycles. The van der Waals surface area contributed by atoms with Crippen molar-refractivity contribution in [1.82, 2.24) is 0 Å². The van der Waals surface area contributed by atoms with Crippen molar-refractivity contribution in [2.24, 2.45) is 4.99 Å². The molecule has 0 unspecified atom stereocenters. The van der Waals surface area contributed by atoms with Gasteiger partial charge < -0.3 is 4.74 Å². The van der Waals surface area contributed by atoms with Gasteiger partial charge in [-0.25, -0.2) is 0 Å². The molecule has 142 valence electrons. The normalized spacial score (nSPS) is 11.0. The zero-order valence-corrected chi connectivity index (χ0v) is 18.2. The van der Waals surface area contributed by atoms with Crippen LogP contribution in [0.15, 0.2) is 74.6 Å². The van der Waals surface area contributed by atoms with E-state index in [1.807, 2.05) is 36.4 Å². The zero-order chi connectivity index (χ0) is 20.1. The third-order valence-corrected chi connectivity index (χ3v) is 5.13. The lowest BCUT2D eigenvalue weighted by Crippen LogP contribution is -1.97. The van der Waals surface area contributed by atoms with E-state index in [0.717, 1.165) is 20.1 Å². The summed E-state index contributed by atoms with van der Waals surface area (Å²) in [6.45, 7) is 0.383. The fourth-order valence-corrected chi connectivity index (χ4v) is 4.05. The minimum absolute atomic E-state index is 0.0330. The van der Waals surface area contributed by atoms with Gasteiger partial charge in [0, 0.05) is 23.4 Å². The van der Waals surface area contributed by atoms with Crippen molar-refractivity contribution in [3.8, 4) is 5.75 Å². The average Bonchev–Trinajstić information content (AvgIpc) is 2.66. The second-order valence-electron chi connectivity index (χ2n) is 5.76. The molecule has 3 aromatic carbocycles. The number of benzene rings is 3. The largest absolute Gasteiger partial charge is 0.487 e. The first-order chi connectivity index (χ1) is 13.4. The summed E-state index contributed by atoms with van der Waals surface area (Å²) in [7, 11) is 0. The molecule has 0 saturated heterocycles. The number of ether oxygens (including phenoxy) is 1. The van der Waals surface area contributed by atoms with E-state index >= 15 is 0 Å². The summed E-state index contributed by atoms with van der Waals surface area (Å²) in [5.41, 5.74) is 2.46. The van der Waals surface area contributed by atoms with Crippen molar-refractivity contribution < 1.29 is 9.66 Å². The quantitative estimate of drug-likeness (QED) is 0.196. The van der Waals surface area contributed by atoms with Crippen LogP contribution in [0.25, 0.3) is 0 Å². The van der Waals surface area contributed by atoms with Crippen LogP contribution < -0.4 is 4.74 Å². The molecule has 5 nitrogen and oxygen atoms in total. The summed E-state index contributed by atoms with van der Waals surface area (Å²) in [5.74, 6) is 0.674. The highest BCUT2D eigenvalue weighted by Crippen LogP contribution is 2.35. The highest BCUT2D eigenvalue weighted by atomic mass is 79.9. The Morgan fingerprint density at radius 3 is 2.36 bits per heavy atom. The Balaban J connectivity index is 1.73. The minimum atomic E-state index is -0.441. The molecule has 0 bridgehead atoms. The van der Waals surface area contributed by atoms with Crippen LogP contribution in [0.2, 0.25) is 5.02 Å². The molecular weight excluding hydrogens is 511 g/mol.